The first-order valence-corrected chi connectivity index (χ1v) is 4.92. The minimum atomic E-state index is 0. The smallest absolute Gasteiger partial charge is 0 e. The van der Waals surface area contributed by atoms with Crippen molar-refractivity contribution < 1.29 is 21.7 Å². The van der Waals surface area contributed by atoms with E-state index in [1.54, 1.807) is 11.5 Å². The van der Waals surface area contributed by atoms with Crippen LogP contribution in [0.3, 0.4) is 0 Å². The number of fused-ring (bicyclic) bond motifs is 1. The molecule has 1 saturated carbocycles. The molecule has 0 radical (unpaired) electrons. The molecule has 1 fully saturated rings. The van der Waals surface area contributed by atoms with Crippen LogP contribution in [0.1, 0.15) is 27.2 Å². The fourth-order valence-electron chi connectivity index (χ4n) is 2.57. The van der Waals surface area contributed by atoms with Crippen molar-refractivity contribution in [1.29, 1.82) is 0 Å². The van der Waals surface area contributed by atoms with Gasteiger partial charge in [0.2, 0.25) is 0 Å². The monoisotopic (exact) mass is 209 g/mol. The molecule has 0 amide bonds. The first kappa shape index (κ1) is 11.1. The average Bonchev–Trinajstić information content (AvgIpc) is 2.33. The Bertz CT molecular complexity index is 240. The molecule has 0 spiro atoms. The van der Waals surface area contributed by atoms with Crippen LogP contribution in [0.4, 0.5) is 0 Å². The number of hydrogen-bond donors (Lipinski definition) is 0. The van der Waals surface area contributed by atoms with Crippen molar-refractivity contribution in [3.8, 4) is 0 Å². The van der Waals surface area contributed by atoms with Crippen LogP contribution in [0, 0.1) is 23.7 Å². The minimum Gasteiger partial charge on any atom is -0.212 e. The molecule has 0 aromatic rings. The van der Waals surface area contributed by atoms with Gasteiger partial charge in [-0.3, -0.25) is 0 Å². The van der Waals surface area contributed by atoms with Crippen LogP contribution in [0.5, 0.6) is 0 Å². The van der Waals surface area contributed by atoms with Crippen LogP contribution in [0.25, 0.3) is 0 Å². The van der Waals surface area contributed by atoms with Gasteiger partial charge in [0.25, 0.3) is 0 Å². The third-order valence-corrected chi connectivity index (χ3v) is 3.76. The Labute approximate surface area is 96.4 Å². The standard InChI is InChI=1S/C12H17.Ti/c1-8-9(2)11-6-4-5-7-12(11)10(8)3;/h4-6,8,10,12H,7H2,1-3H3;/q-1;. The van der Waals surface area contributed by atoms with Gasteiger partial charge >= 0.3 is 0 Å². The van der Waals surface area contributed by atoms with E-state index in [-0.39, 0.29) is 21.7 Å². The largest absolute Gasteiger partial charge is 0.212 e. The van der Waals surface area contributed by atoms with Gasteiger partial charge in [0, 0.05) is 21.7 Å². The summed E-state index contributed by atoms with van der Waals surface area (Å²) in [6, 6.07) is 0. The minimum absolute atomic E-state index is 0. The summed E-state index contributed by atoms with van der Waals surface area (Å²) in [5, 5.41) is 0. The molecule has 2 aliphatic carbocycles. The van der Waals surface area contributed by atoms with Gasteiger partial charge < -0.3 is 0 Å². The van der Waals surface area contributed by atoms with Crippen molar-refractivity contribution in [1.82, 2.24) is 0 Å². The van der Waals surface area contributed by atoms with Crippen LogP contribution < -0.4 is 0 Å². The topological polar surface area (TPSA) is 0 Å². The second-order valence-electron chi connectivity index (χ2n) is 4.22. The van der Waals surface area contributed by atoms with Gasteiger partial charge in [-0.2, -0.15) is 0 Å². The molecule has 0 N–H and O–H groups in total. The maximum absolute atomic E-state index is 2.39. The molecule has 2 aliphatic rings. The molecule has 0 nitrogen and oxygen atoms in total. The summed E-state index contributed by atoms with van der Waals surface area (Å²) in [5.41, 5.74) is 1.62. The third-order valence-electron chi connectivity index (χ3n) is 3.76. The molecule has 3 atom stereocenters. The van der Waals surface area contributed by atoms with Crippen molar-refractivity contribution in [3.63, 3.8) is 0 Å². The van der Waals surface area contributed by atoms with E-state index in [1.165, 1.54) is 6.42 Å². The van der Waals surface area contributed by atoms with Crippen LogP contribution in [0.2, 0.25) is 0 Å². The Morgan fingerprint density at radius 3 is 2.69 bits per heavy atom. The summed E-state index contributed by atoms with van der Waals surface area (Å²) in [6.07, 6.45) is 8.08. The Kier molecular flexibility index (Phi) is 3.48. The maximum atomic E-state index is 2.39. The van der Waals surface area contributed by atoms with Crippen molar-refractivity contribution in [2.75, 3.05) is 0 Å². The van der Waals surface area contributed by atoms with E-state index in [1.807, 2.05) is 0 Å². The van der Waals surface area contributed by atoms with Crippen molar-refractivity contribution in [3.05, 3.63) is 29.7 Å². The van der Waals surface area contributed by atoms with E-state index in [4.69, 9.17) is 0 Å². The molecule has 3 unspecified atom stereocenters. The Morgan fingerprint density at radius 1 is 1.38 bits per heavy atom. The van der Waals surface area contributed by atoms with E-state index < -0.39 is 0 Å². The molecule has 0 bridgehead atoms. The van der Waals surface area contributed by atoms with E-state index in [9.17, 15) is 0 Å². The average molecular weight is 209 g/mol. The van der Waals surface area contributed by atoms with Gasteiger partial charge in [-0.1, -0.05) is 19.8 Å². The zero-order valence-corrected chi connectivity index (χ0v) is 10.2. The van der Waals surface area contributed by atoms with Gasteiger partial charge in [-0.15, -0.1) is 19.1 Å². The predicted octanol–water partition coefficient (Wildman–Crippen LogP) is 3.37. The zero-order valence-electron chi connectivity index (χ0n) is 8.67. The van der Waals surface area contributed by atoms with E-state index in [2.05, 4.69) is 39.0 Å². The first-order chi connectivity index (χ1) is 5.72. The quantitative estimate of drug-likeness (QED) is 0.424. The molecule has 2 rings (SSSR count). The summed E-state index contributed by atoms with van der Waals surface area (Å²) < 4.78 is 0. The molecule has 1 heteroatoms. The van der Waals surface area contributed by atoms with Gasteiger partial charge in [0.15, 0.2) is 0 Å². The normalized spacial score (nSPS) is 36.7. The summed E-state index contributed by atoms with van der Waals surface area (Å²) in [6.45, 7) is 7.05. The molecule has 0 heterocycles. The van der Waals surface area contributed by atoms with Gasteiger partial charge in [0.05, 0.1) is 0 Å². The van der Waals surface area contributed by atoms with Crippen LogP contribution in [-0.4, -0.2) is 0 Å². The Balaban J connectivity index is 0.000000845. The molecular weight excluding hydrogens is 192 g/mol. The summed E-state index contributed by atoms with van der Waals surface area (Å²) in [4.78, 5) is 0. The predicted molar refractivity (Wildman–Crippen MR) is 52.6 cm³/mol. The Hall–Kier alpha value is 0.0643. The van der Waals surface area contributed by atoms with Gasteiger partial charge in [-0.05, 0) is 18.3 Å². The van der Waals surface area contributed by atoms with Crippen molar-refractivity contribution in [2.24, 2.45) is 17.8 Å². The number of allylic oxidation sites excluding steroid dienone is 4. The number of hydrogen-bond acceptors (Lipinski definition) is 0. The fourth-order valence-corrected chi connectivity index (χ4v) is 2.57. The van der Waals surface area contributed by atoms with E-state index in [0.717, 1.165) is 17.8 Å². The molecule has 0 aromatic heterocycles. The Morgan fingerprint density at radius 2 is 2.08 bits per heavy atom. The van der Waals surface area contributed by atoms with E-state index >= 15 is 0 Å². The fraction of sp³-hybridized carbons (Fsp3) is 0.583. The van der Waals surface area contributed by atoms with Gasteiger partial charge in [-0.25, -0.2) is 17.6 Å². The molecule has 0 saturated heterocycles. The SMILES string of the molecule is C[C-]1C2=CC=CCC2C(C)C1C.[Ti]. The second-order valence-corrected chi connectivity index (χ2v) is 4.22. The molecule has 13 heavy (non-hydrogen) atoms. The van der Waals surface area contributed by atoms with Crippen LogP contribution in [-0.2, 0) is 21.7 Å². The van der Waals surface area contributed by atoms with E-state index in [0.29, 0.717) is 0 Å². The zero-order chi connectivity index (χ0) is 8.72. The van der Waals surface area contributed by atoms with Crippen LogP contribution in [0.15, 0.2) is 23.8 Å². The summed E-state index contributed by atoms with van der Waals surface area (Å²) in [7, 11) is 0. The molecule has 0 aromatic carbocycles. The second kappa shape index (κ2) is 4.06. The van der Waals surface area contributed by atoms with Crippen molar-refractivity contribution >= 4 is 0 Å². The number of rotatable bonds is 0. The summed E-state index contributed by atoms with van der Waals surface area (Å²) >= 11 is 0. The molecule has 0 aliphatic heterocycles. The van der Waals surface area contributed by atoms with Crippen LogP contribution >= 0.6 is 0 Å². The molecular formula is C12H17Ti-. The molecule has 70 valence electrons. The van der Waals surface area contributed by atoms with Crippen molar-refractivity contribution in [2.45, 2.75) is 27.2 Å². The third kappa shape index (κ3) is 1.67. The van der Waals surface area contributed by atoms with Gasteiger partial charge in [0.1, 0.15) is 0 Å². The maximum Gasteiger partial charge on any atom is 0 e. The first-order valence-electron chi connectivity index (χ1n) is 4.92. The summed E-state index contributed by atoms with van der Waals surface area (Å²) in [5.74, 6) is 4.09.